The minimum Gasteiger partial charge on any atom is -0.329 e. The molecule has 0 aliphatic heterocycles. The number of para-hydroxylation sites is 1. The van der Waals surface area contributed by atoms with Crippen LogP contribution in [0.15, 0.2) is 78.9 Å². The lowest BCUT2D eigenvalue weighted by molar-refractivity contribution is -0.384. The van der Waals surface area contributed by atoms with Crippen LogP contribution in [0.2, 0.25) is 0 Å². The molecule has 0 N–H and O–H groups in total. The molecule has 0 saturated heterocycles. The minimum atomic E-state index is -0.398. The molecule has 0 saturated carbocycles. The third-order valence-electron chi connectivity index (χ3n) is 4.36. The van der Waals surface area contributed by atoms with Crippen LogP contribution in [0.4, 0.5) is 17.2 Å². The second-order valence-electron chi connectivity index (χ2n) is 6.09. The van der Waals surface area contributed by atoms with E-state index >= 15 is 0 Å². The van der Waals surface area contributed by atoms with Gasteiger partial charge in [0.05, 0.1) is 10.4 Å². The van der Waals surface area contributed by atoms with E-state index in [2.05, 4.69) is 4.98 Å². The highest BCUT2D eigenvalue weighted by Gasteiger charge is 2.16. The summed E-state index contributed by atoms with van der Waals surface area (Å²) in [6, 6.07) is 24.0. The van der Waals surface area contributed by atoms with E-state index in [1.54, 1.807) is 12.1 Å². The summed E-state index contributed by atoms with van der Waals surface area (Å²) < 4.78 is 0. The molecule has 6 heteroatoms. The van der Waals surface area contributed by atoms with Crippen molar-refractivity contribution in [3.05, 3.63) is 89.0 Å². The summed E-state index contributed by atoms with van der Waals surface area (Å²) >= 11 is 0. The van der Waals surface area contributed by atoms with Crippen LogP contribution in [0.1, 0.15) is 0 Å². The van der Waals surface area contributed by atoms with Gasteiger partial charge >= 0.3 is 0 Å². The van der Waals surface area contributed by atoms with Gasteiger partial charge in [0, 0.05) is 35.8 Å². The van der Waals surface area contributed by atoms with Crippen molar-refractivity contribution in [3.63, 3.8) is 0 Å². The normalized spacial score (nSPS) is 10.7. The molecule has 1 heterocycles. The summed E-state index contributed by atoms with van der Waals surface area (Å²) in [7, 11) is 1.85. The second kappa shape index (κ2) is 6.84. The highest BCUT2D eigenvalue weighted by molar-refractivity contribution is 5.93. The Hall–Kier alpha value is -3.80. The van der Waals surface area contributed by atoms with Gasteiger partial charge in [0.15, 0.2) is 5.82 Å². The van der Waals surface area contributed by atoms with Gasteiger partial charge in [0.25, 0.3) is 5.69 Å². The van der Waals surface area contributed by atoms with Gasteiger partial charge < -0.3 is 4.90 Å². The van der Waals surface area contributed by atoms with E-state index in [-0.39, 0.29) is 5.69 Å². The van der Waals surface area contributed by atoms with E-state index in [0.29, 0.717) is 17.3 Å². The molecule has 3 aromatic carbocycles. The Morgan fingerprint density at radius 3 is 2.41 bits per heavy atom. The van der Waals surface area contributed by atoms with Crippen LogP contribution in [0.25, 0.3) is 22.3 Å². The number of benzene rings is 3. The highest BCUT2D eigenvalue weighted by Crippen LogP contribution is 2.32. The topological polar surface area (TPSA) is 72.2 Å². The molecule has 4 rings (SSSR count). The van der Waals surface area contributed by atoms with Crippen LogP contribution in [0, 0.1) is 10.1 Å². The number of fused-ring (bicyclic) bond motifs is 1. The third kappa shape index (κ3) is 3.20. The van der Waals surface area contributed by atoms with Crippen molar-refractivity contribution in [2.75, 3.05) is 11.9 Å². The Morgan fingerprint density at radius 1 is 0.889 bits per heavy atom. The van der Waals surface area contributed by atoms with Gasteiger partial charge in [-0.25, -0.2) is 9.97 Å². The molecule has 27 heavy (non-hydrogen) atoms. The number of hydrogen-bond acceptors (Lipinski definition) is 5. The van der Waals surface area contributed by atoms with E-state index in [1.165, 1.54) is 6.07 Å². The predicted molar refractivity (Wildman–Crippen MR) is 106 cm³/mol. The van der Waals surface area contributed by atoms with E-state index in [0.717, 1.165) is 16.5 Å². The van der Waals surface area contributed by atoms with E-state index in [4.69, 9.17) is 4.98 Å². The van der Waals surface area contributed by atoms with Gasteiger partial charge in [-0.2, -0.15) is 0 Å². The SMILES string of the molecule is CN(c1cccc([N+](=O)[O-])c1)c1nc(-c2ccccc2)nc2ccccc12. The number of nitrogens with zero attached hydrogens (tertiary/aromatic N) is 4. The molecule has 0 radical (unpaired) electrons. The maximum absolute atomic E-state index is 11.1. The quantitative estimate of drug-likeness (QED) is 0.381. The van der Waals surface area contributed by atoms with Crippen molar-refractivity contribution in [1.82, 2.24) is 9.97 Å². The minimum absolute atomic E-state index is 0.0426. The van der Waals surface area contributed by atoms with Crippen molar-refractivity contribution in [1.29, 1.82) is 0 Å². The summed E-state index contributed by atoms with van der Waals surface area (Å²) in [6.45, 7) is 0. The van der Waals surface area contributed by atoms with Gasteiger partial charge in [0.2, 0.25) is 0 Å². The lowest BCUT2D eigenvalue weighted by Gasteiger charge is -2.20. The number of rotatable bonds is 4. The molecule has 0 unspecified atom stereocenters. The summed E-state index contributed by atoms with van der Waals surface area (Å²) in [5.41, 5.74) is 2.46. The molecule has 132 valence electrons. The van der Waals surface area contributed by atoms with Crippen molar-refractivity contribution in [2.24, 2.45) is 0 Å². The number of anilines is 2. The highest BCUT2D eigenvalue weighted by atomic mass is 16.6. The first-order valence-electron chi connectivity index (χ1n) is 8.44. The fourth-order valence-electron chi connectivity index (χ4n) is 2.97. The average Bonchev–Trinajstić information content (AvgIpc) is 2.73. The number of nitro groups is 1. The Kier molecular flexibility index (Phi) is 4.22. The lowest BCUT2D eigenvalue weighted by atomic mass is 10.1. The van der Waals surface area contributed by atoms with Crippen LogP contribution in [-0.4, -0.2) is 21.9 Å². The van der Waals surface area contributed by atoms with E-state index in [9.17, 15) is 10.1 Å². The Balaban J connectivity index is 1.89. The van der Waals surface area contributed by atoms with E-state index in [1.807, 2.05) is 72.6 Å². The maximum atomic E-state index is 11.1. The van der Waals surface area contributed by atoms with Gasteiger partial charge in [-0.15, -0.1) is 0 Å². The molecular formula is C21H16N4O2. The van der Waals surface area contributed by atoms with Gasteiger partial charge in [-0.1, -0.05) is 48.5 Å². The molecule has 0 fully saturated rings. The maximum Gasteiger partial charge on any atom is 0.271 e. The van der Waals surface area contributed by atoms with Gasteiger partial charge in [0.1, 0.15) is 5.82 Å². The van der Waals surface area contributed by atoms with E-state index < -0.39 is 4.92 Å². The van der Waals surface area contributed by atoms with Crippen LogP contribution in [0.5, 0.6) is 0 Å². The predicted octanol–water partition coefficient (Wildman–Crippen LogP) is 4.97. The van der Waals surface area contributed by atoms with Gasteiger partial charge in [-0.3, -0.25) is 10.1 Å². The summed E-state index contributed by atoms with van der Waals surface area (Å²) in [4.78, 5) is 22.0. The van der Waals surface area contributed by atoms with Crippen molar-refractivity contribution < 1.29 is 4.92 Å². The molecule has 0 aliphatic carbocycles. The number of nitro benzene ring substituents is 1. The second-order valence-corrected chi connectivity index (χ2v) is 6.09. The smallest absolute Gasteiger partial charge is 0.271 e. The zero-order valence-corrected chi connectivity index (χ0v) is 14.6. The molecule has 6 nitrogen and oxygen atoms in total. The molecule has 1 aromatic heterocycles. The first-order valence-corrected chi connectivity index (χ1v) is 8.44. The van der Waals surface area contributed by atoms with Crippen LogP contribution >= 0.6 is 0 Å². The zero-order chi connectivity index (χ0) is 18.8. The van der Waals surface area contributed by atoms with Crippen molar-refractivity contribution in [2.45, 2.75) is 0 Å². The monoisotopic (exact) mass is 356 g/mol. The van der Waals surface area contributed by atoms with Gasteiger partial charge in [-0.05, 0) is 18.2 Å². The summed E-state index contributed by atoms with van der Waals surface area (Å²) in [5.74, 6) is 1.31. The van der Waals surface area contributed by atoms with Crippen LogP contribution in [0.3, 0.4) is 0 Å². The fraction of sp³-hybridized carbons (Fsp3) is 0.0476. The number of aromatic nitrogens is 2. The largest absolute Gasteiger partial charge is 0.329 e. The van der Waals surface area contributed by atoms with Crippen molar-refractivity contribution >= 4 is 28.1 Å². The fourth-order valence-corrected chi connectivity index (χ4v) is 2.97. The zero-order valence-electron chi connectivity index (χ0n) is 14.6. The Bertz CT molecular complexity index is 1130. The first-order chi connectivity index (χ1) is 13.1. The molecule has 0 bridgehead atoms. The molecule has 0 spiro atoms. The lowest BCUT2D eigenvalue weighted by Crippen LogP contribution is -2.13. The van der Waals surface area contributed by atoms with Crippen LogP contribution in [-0.2, 0) is 0 Å². The number of hydrogen-bond donors (Lipinski definition) is 0. The average molecular weight is 356 g/mol. The molecule has 0 amide bonds. The standard InChI is InChI=1S/C21H16N4O2/c1-24(16-10-7-11-17(14-16)25(26)27)21-18-12-5-6-13-19(18)22-20(23-21)15-8-3-2-4-9-15/h2-14H,1H3. The molecule has 0 atom stereocenters. The molecule has 0 aliphatic rings. The summed E-state index contributed by atoms with van der Waals surface area (Å²) in [5, 5.41) is 12.0. The van der Waals surface area contributed by atoms with Crippen LogP contribution < -0.4 is 4.90 Å². The van der Waals surface area contributed by atoms with Crippen molar-refractivity contribution in [3.8, 4) is 11.4 Å². The Labute approximate surface area is 155 Å². The number of non-ortho nitro benzene ring substituents is 1. The first kappa shape index (κ1) is 16.7. The molecule has 4 aromatic rings. The third-order valence-corrected chi connectivity index (χ3v) is 4.36. The molecular weight excluding hydrogens is 340 g/mol. The Morgan fingerprint density at radius 2 is 1.63 bits per heavy atom. The summed E-state index contributed by atoms with van der Waals surface area (Å²) in [6.07, 6.45) is 0.